The molecule has 0 heterocycles. The van der Waals surface area contributed by atoms with E-state index in [0.717, 1.165) is 54.2 Å². The first-order valence-corrected chi connectivity index (χ1v) is 13.1. The smallest absolute Gasteiger partial charge is 0.256 e. The maximum absolute atomic E-state index is 13.5. The fourth-order valence-electron chi connectivity index (χ4n) is 3.96. The summed E-state index contributed by atoms with van der Waals surface area (Å²) in [7, 11) is 0. The molecule has 2 aromatic rings. The fourth-order valence-corrected chi connectivity index (χ4v) is 3.96. The Morgan fingerprint density at radius 3 is 2.42 bits per heavy atom. The Bertz CT molecular complexity index is 1050. The quantitative estimate of drug-likeness (QED) is 0.157. The second kappa shape index (κ2) is 16.2. The highest BCUT2D eigenvalue weighted by atomic mass is 16.5. The summed E-state index contributed by atoms with van der Waals surface area (Å²) in [5.41, 5.74) is 4.06. The van der Waals surface area contributed by atoms with Crippen LogP contribution in [0.5, 0.6) is 5.75 Å². The number of amides is 1. The SMILES string of the molecule is C=C/C=C(\C=C/C)C(=C/c1ccc(N(CC)CC)cc1OCCCCCC)/C(=O)Nc1ccccc1. The number of carbonyl (C=O) groups excluding carboxylic acids is 1. The largest absolute Gasteiger partial charge is 0.493 e. The van der Waals surface area contributed by atoms with Crippen LogP contribution in [0.4, 0.5) is 11.4 Å². The van der Waals surface area contributed by atoms with Gasteiger partial charge in [-0.15, -0.1) is 0 Å². The molecule has 0 unspecified atom stereocenters. The Labute approximate surface area is 218 Å². The molecular weight excluding hydrogens is 444 g/mol. The normalized spacial score (nSPS) is 12.0. The molecule has 0 aliphatic rings. The summed E-state index contributed by atoms with van der Waals surface area (Å²) < 4.78 is 6.30. The van der Waals surface area contributed by atoms with Gasteiger partial charge in [0.25, 0.3) is 5.91 Å². The van der Waals surface area contributed by atoms with Crippen molar-refractivity contribution in [1.82, 2.24) is 0 Å². The molecule has 2 aromatic carbocycles. The van der Waals surface area contributed by atoms with Crippen LogP contribution in [-0.4, -0.2) is 25.6 Å². The molecule has 0 fully saturated rings. The molecule has 4 nitrogen and oxygen atoms in total. The lowest BCUT2D eigenvalue weighted by Crippen LogP contribution is -2.21. The first-order valence-electron chi connectivity index (χ1n) is 13.1. The summed E-state index contributed by atoms with van der Waals surface area (Å²) in [5.74, 6) is 0.605. The van der Waals surface area contributed by atoms with Gasteiger partial charge in [-0.3, -0.25) is 4.79 Å². The summed E-state index contributed by atoms with van der Waals surface area (Å²) in [6.07, 6.45) is 13.9. The minimum absolute atomic E-state index is 0.186. The van der Waals surface area contributed by atoms with E-state index in [4.69, 9.17) is 4.74 Å². The number of nitrogens with zero attached hydrogens (tertiary/aromatic N) is 1. The zero-order valence-electron chi connectivity index (χ0n) is 22.4. The Hall–Kier alpha value is -3.53. The van der Waals surface area contributed by atoms with Gasteiger partial charge in [0.2, 0.25) is 0 Å². The van der Waals surface area contributed by atoms with E-state index < -0.39 is 0 Å². The Morgan fingerprint density at radius 1 is 1.03 bits per heavy atom. The average Bonchev–Trinajstić information content (AvgIpc) is 2.89. The van der Waals surface area contributed by atoms with Gasteiger partial charge in [0, 0.05) is 41.7 Å². The minimum atomic E-state index is -0.186. The fraction of sp³-hybridized carbons (Fsp3) is 0.344. The summed E-state index contributed by atoms with van der Waals surface area (Å²) >= 11 is 0. The molecule has 192 valence electrons. The van der Waals surface area contributed by atoms with Gasteiger partial charge in [0.05, 0.1) is 6.61 Å². The average molecular weight is 487 g/mol. The van der Waals surface area contributed by atoms with Gasteiger partial charge >= 0.3 is 0 Å². The van der Waals surface area contributed by atoms with Crippen LogP contribution in [0.3, 0.4) is 0 Å². The van der Waals surface area contributed by atoms with Crippen LogP contribution in [0.1, 0.15) is 58.9 Å². The number of nitrogens with one attached hydrogen (secondary N) is 1. The van der Waals surface area contributed by atoms with Crippen LogP contribution in [0.25, 0.3) is 6.08 Å². The summed E-state index contributed by atoms with van der Waals surface area (Å²) in [6, 6.07) is 15.7. The second-order valence-electron chi connectivity index (χ2n) is 8.54. The second-order valence-corrected chi connectivity index (χ2v) is 8.54. The number of hydrogen-bond acceptors (Lipinski definition) is 3. The zero-order chi connectivity index (χ0) is 26.2. The van der Waals surface area contributed by atoms with Gasteiger partial charge in [0.15, 0.2) is 0 Å². The summed E-state index contributed by atoms with van der Waals surface area (Å²) in [5, 5.41) is 3.03. The van der Waals surface area contributed by atoms with Crippen LogP contribution in [0.2, 0.25) is 0 Å². The van der Waals surface area contributed by atoms with E-state index in [9.17, 15) is 4.79 Å². The highest BCUT2D eigenvalue weighted by Crippen LogP contribution is 2.30. The molecule has 0 aromatic heterocycles. The Balaban J connectivity index is 2.53. The third-order valence-corrected chi connectivity index (χ3v) is 5.91. The minimum Gasteiger partial charge on any atom is -0.493 e. The van der Waals surface area contributed by atoms with Crippen molar-refractivity contribution >= 4 is 23.4 Å². The molecule has 0 saturated heterocycles. The molecule has 4 heteroatoms. The molecule has 1 amide bonds. The summed E-state index contributed by atoms with van der Waals surface area (Å²) in [4.78, 5) is 15.8. The van der Waals surface area contributed by atoms with E-state index in [-0.39, 0.29) is 5.91 Å². The predicted octanol–water partition coefficient (Wildman–Crippen LogP) is 8.20. The number of benzene rings is 2. The van der Waals surface area contributed by atoms with E-state index in [0.29, 0.717) is 12.2 Å². The molecule has 0 bridgehead atoms. The van der Waals surface area contributed by atoms with E-state index in [1.54, 1.807) is 6.08 Å². The maximum atomic E-state index is 13.5. The molecule has 0 aliphatic heterocycles. The number of para-hydroxylation sites is 1. The molecule has 0 aliphatic carbocycles. The van der Waals surface area contributed by atoms with Crippen LogP contribution in [0, 0.1) is 0 Å². The van der Waals surface area contributed by atoms with Crippen LogP contribution in [-0.2, 0) is 4.79 Å². The number of carbonyl (C=O) groups is 1. The summed E-state index contributed by atoms with van der Waals surface area (Å²) in [6.45, 7) is 14.8. The first kappa shape index (κ1) is 28.7. The van der Waals surface area contributed by atoms with Crippen LogP contribution < -0.4 is 15.0 Å². The van der Waals surface area contributed by atoms with Crippen molar-refractivity contribution in [1.29, 1.82) is 0 Å². The number of unbranched alkanes of at least 4 members (excludes halogenated alkanes) is 3. The van der Waals surface area contributed by atoms with Gasteiger partial charge in [0.1, 0.15) is 5.75 Å². The highest BCUT2D eigenvalue weighted by molar-refractivity contribution is 6.10. The monoisotopic (exact) mass is 486 g/mol. The molecule has 0 atom stereocenters. The van der Waals surface area contributed by atoms with Crippen molar-refractivity contribution in [3.8, 4) is 5.75 Å². The Kier molecular flexibility index (Phi) is 12.9. The molecule has 0 radical (unpaired) electrons. The van der Waals surface area contributed by atoms with Gasteiger partial charge in [-0.1, -0.05) is 75.3 Å². The van der Waals surface area contributed by atoms with Crippen molar-refractivity contribution in [2.24, 2.45) is 0 Å². The number of hydrogen-bond donors (Lipinski definition) is 1. The van der Waals surface area contributed by atoms with Crippen molar-refractivity contribution < 1.29 is 9.53 Å². The highest BCUT2D eigenvalue weighted by Gasteiger charge is 2.16. The topological polar surface area (TPSA) is 41.6 Å². The van der Waals surface area contributed by atoms with Crippen LogP contribution in [0.15, 0.2) is 90.6 Å². The lowest BCUT2D eigenvalue weighted by atomic mass is 9.99. The number of ether oxygens (including phenoxy) is 1. The zero-order valence-corrected chi connectivity index (χ0v) is 22.4. The molecular formula is C32H42N2O2. The van der Waals surface area contributed by atoms with Crippen molar-refractivity contribution in [3.63, 3.8) is 0 Å². The number of allylic oxidation sites excluding steroid dienone is 4. The van der Waals surface area contributed by atoms with Crippen molar-refractivity contribution in [2.45, 2.75) is 53.4 Å². The van der Waals surface area contributed by atoms with Gasteiger partial charge in [-0.05, 0) is 63.1 Å². The van der Waals surface area contributed by atoms with Crippen molar-refractivity contribution in [2.75, 3.05) is 29.9 Å². The van der Waals surface area contributed by atoms with E-state index in [1.165, 1.54) is 12.8 Å². The molecule has 1 N–H and O–H groups in total. The molecule has 36 heavy (non-hydrogen) atoms. The Morgan fingerprint density at radius 2 is 1.78 bits per heavy atom. The standard InChI is InChI=1S/C32H42N2O2/c1-6-11-12-16-23-36-31-25-29(34(9-4)10-5)22-21-27(31)24-30(26(17-7-2)18-8-3)32(35)33-28-19-14-13-15-20-28/h7-8,13-15,17-22,24-25H,2,6,9-12,16,23H2,1,3-5H3,(H,33,35)/b18-8-,26-17+,30-24-. The van der Waals surface area contributed by atoms with Crippen molar-refractivity contribution in [3.05, 3.63) is 96.1 Å². The van der Waals surface area contributed by atoms with E-state index in [2.05, 4.69) is 49.7 Å². The lowest BCUT2D eigenvalue weighted by molar-refractivity contribution is -0.112. The predicted molar refractivity (Wildman–Crippen MR) is 156 cm³/mol. The van der Waals surface area contributed by atoms with Gasteiger partial charge < -0.3 is 15.0 Å². The third kappa shape index (κ3) is 8.92. The van der Waals surface area contributed by atoms with E-state index in [1.807, 2.05) is 67.6 Å². The first-order chi connectivity index (χ1) is 17.6. The van der Waals surface area contributed by atoms with Crippen LogP contribution >= 0.6 is 0 Å². The molecule has 0 spiro atoms. The van der Waals surface area contributed by atoms with Gasteiger partial charge in [-0.2, -0.15) is 0 Å². The number of anilines is 2. The molecule has 0 saturated carbocycles. The maximum Gasteiger partial charge on any atom is 0.256 e. The lowest BCUT2D eigenvalue weighted by Gasteiger charge is -2.22. The number of rotatable bonds is 15. The third-order valence-electron chi connectivity index (χ3n) is 5.91. The van der Waals surface area contributed by atoms with E-state index >= 15 is 0 Å². The molecule has 2 rings (SSSR count). The van der Waals surface area contributed by atoms with Gasteiger partial charge in [-0.25, -0.2) is 0 Å².